The number of benzene rings is 1. The zero-order chi connectivity index (χ0) is 12.4. The maximum absolute atomic E-state index is 3.70. The van der Waals surface area contributed by atoms with Crippen molar-refractivity contribution in [2.24, 2.45) is 0 Å². The molecule has 3 rings (SSSR count). The van der Waals surface area contributed by atoms with Crippen LogP contribution in [0.1, 0.15) is 31.2 Å². The van der Waals surface area contributed by atoms with E-state index in [4.69, 9.17) is 0 Å². The summed E-state index contributed by atoms with van der Waals surface area (Å²) >= 11 is 3.47. The van der Waals surface area contributed by atoms with Crippen molar-refractivity contribution >= 4 is 15.9 Å². The van der Waals surface area contributed by atoms with Gasteiger partial charge in [0.2, 0.25) is 0 Å². The lowest BCUT2D eigenvalue weighted by Gasteiger charge is -2.32. The van der Waals surface area contributed by atoms with Gasteiger partial charge < -0.3 is 10.2 Å². The van der Waals surface area contributed by atoms with Crippen LogP contribution in [-0.4, -0.2) is 30.1 Å². The van der Waals surface area contributed by atoms with Gasteiger partial charge in [0.25, 0.3) is 0 Å². The van der Waals surface area contributed by atoms with Crippen LogP contribution in [0.3, 0.4) is 0 Å². The molecule has 0 bridgehead atoms. The summed E-state index contributed by atoms with van der Waals surface area (Å²) in [6, 6.07) is 10.3. The Balaban J connectivity index is 1.42. The summed E-state index contributed by atoms with van der Waals surface area (Å²) in [6.07, 6.45) is 5.51. The molecule has 1 aliphatic heterocycles. The SMILES string of the molecule is Brc1ccc(CNC2CCN(C3CC3)CC2)cc1. The average molecular weight is 309 g/mol. The van der Waals surface area contributed by atoms with E-state index in [-0.39, 0.29) is 0 Å². The number of likely N-dealkylation sites (tertiary alicyclic amines) is 1. The molecule has 0 unspecified atom stereocenters. The molecule has 0 atom stereocenters. The lowest BCUT2D eigenvalue weighted by molar-refractivity contribution is 0.189. The number of hydrogen-bond donors (Lipinski definition) is 1. The number of halogens is 1. The summed E-state index contributed by atoms with van der Waals surface area (Å²) in [4.78, 5) is 2.68. The topological polar surface area (TPSA) is 15.3 Å². The van der Waals surface area contributed by atoms with Crippen molar-refractivity contribution in [2.75, 3.05) is 13.1 Å². The first kappa shape index (κ1) is 12.6. The van der Waals surface area contributed by atoms with E-state index in [0.29, 0.717) is 6.04 Å². The van der Waals surface area contributed by atoms with Gasteiger partial charge in [-0.2, -0.15) is 0 Å². The molecule has 1 saturated heterocycles. The average Bonchev–Trinajstić information content (AvgIpc) is 3.23. The Hall–Kier alpha value is -0.380. The number of piperidine rings is 1. The number of nitrogens with zero attached hydrogens (tertiary/aromatic N) is 1. The van der Waals surface area contributed by atoms with Crippen LogP contribution < -0.4 is 5.32 Å². The second-order valence-electron chi connectivity index (χ2n) is 5.55. The van der Waals surface area contributed by atoms with Gasteiger partial charge in [-0.05, 0) is 56.5 Å². The smallest absolute Gasteiger partial charge is 0.0208 e. The van der Waals surface area contributed by atoms with Crippen LogP contribution >= 0.6 is 15.9 Å². The third kappa shape index (κ3) is 3.34. The van der Waals surface area contributed by atoms with Gasteiger partial charge in [-0.15, -0.1) is 0 Å². The highest BCUT2D eigenvalue weighted by Crippen LogP contribution is 2.29. The maximum Gasteiger partial charge on any atom is 0.0208 e. The molecule has 1 aliphatic carbocycles. The van der Waals surface area contributed by atoms with Gasteiger partial charge in [-0.25, -0.2) is 0 Å². The standard InChI is InChI=1S/C15H21BrN2/c16-13-3-1-12(2-4-13)11-17-14-7-9-18(10-8-14)15-5-6-15/h1-4,14-15,17H,5-11H2. The first-order chi connectivity index (χ1) is 8.81. The van der Waals surface area contributed by atoms with Crippen LogP contribution in [0, 0.1) is 0 Å². The van der Waals surface area contributed by atoms with Crippen LogP contribution in [0.4, 0.5) is 0 Å². The summed E-state index contributed by atoms with van der Waals surface area (Å²) in [5.74, 6) is 0. The molecule has 0 spiro atoms. The number of rotatable bonds is 4. The van der Waals surface area contributed by atoms with Crippen molar-refractivity contribution in [1.29, 1.82) is 0 Å². The van der Waals surface area contributed by atoms with Crippen LogP contribution in [0.5, 0.6) is 0 Å². The van der Waals surface area contributed by atoms with Crippen LogP contribution in [0.2, 0.25) is 0 Å². The third-order valence-corrected chi connectivity index (χ3v) is 4.63. The number of nitrogens with one attached hydrogen (secondary N) is 1. The largest absolute Gasteiger partial charge is 0.310 e. The molecule has 1 N–H and O–H groups in total. The molecule has 0 amide bonds. The fraction of sp³-hybridized carbons (Fsp3) is 0.600. The molecule has 3 heteroatoms. The van der Waals surface area contributed by atoms with Gasteiger partial charge >= 0.3 is 0 Å². The van der Waals surface area contributed by atoms with Crippen molar-refractivity contribution in [3.8, 4) is 0 Å². The fourth-order valence-electron chi connectivity index (χ4n) is 2.77. The first-order valence-electron chi connectivity index (χ1n) is 7.03. The highest BCUT2D eigenvalue weighted by atomic mass is 79.9. The quantitative estimate of drug-likeness (QED) is 0.919. The van der Waals surface area contributed by atoms with Gasteiger partial charge in [-0.3, -0.25) is 0 Å². The van der Waals surface area contributed by atoms with Gasteiger partial charge in [-0.1, -0.05) is 28.1 Å². The molecular formula is C15H21BrN2. The highest BCUT2D eigenvalue weighted by Gasteiger charge is 2.31. The van der Waals surface area contributed by atoms with E-state index in [0.717, 1.165) is 17.1 Å². The van der Waals surface area contributed by atoms with E-state index in [1.807, 2.05) is 0 Å². The second kappa shape index (κ2) is 5.72. The molecule has 1 aromatic rings. The normalized spacial score (nSPS) is 22.3. The molecule has 2 aliphatic rings. The molecular weight excluding hydrogens is 288 g/mol. The first-order valence-corrected chi connectivity index (χ1v) is 7.82. The predicted molar refractivity (Wildman–Crippen MR) is 78.6 cm³/mol. The molecule has 98 valence electrons. The Morgan fingerprint density at radius 1 is 1.06 bits per heavy atom. The van der Waals surface area contributed by atoms with E-state index < -0.39 is 0 Å². The summed E-state index contributed by atoms with van der Waals surface area (Å²) in [5, 5.41) is 3.70. The lowest BCUT2D eigenvalue weighted by Crippen LogP contribution is -2.43. The van der Waals surface area contributed by atoms with E-state index in [9.17, 15) is 0 Å². The Morgan fingerprint density at radius 3 is 2.33 bits per heavy atom. The third-order valence-electron chi connectivity index (χ3n) is 4.10. The van der Waals surface area contributed by atoms with E-state index >= 15 is 0 Å². The van der Waals surface area contributed by atoms with Gasteiger partial charge in [0.05, 0.1) is 0 Å². The monoisotopic (exact) mass is 308 g/mol. The number of hydrogen-bond acceptors (Lipinski definition) is 2. The van der Waals surface area contributed by atoms with Crippen LogP contribution in [-0.2, 0) is 6.54 Å². The van der Waals surface area contributed by atoms with E-state index in [1.54, 1.807) is 0 Å². The van der Waals surface area contributed by atoms with Crippen molar-refractivity contribution in [2.45, 2.75) is 44.3 Å². The van der Waals surface area contributed by atoms with Crippen molar-refractivity contribution < 1.29 is 0 Å². The molecule has 1 aromatic carbocycles. The van der Waals surface area contributed by atoms with Gasteiger partial charge in [0.15, 0.2) is 0 Å². The minimum absolute atomic E-state index is 0.712. The van der Waals surface area contributed by atoms with Crippen molar-refractivity contribution in [3.63, 3.8) is 0 Å². The Bertz CT molecular complexity index is 378. The minimum atomic E-state index is 0.712. The molecule has 18 heavy (non-hydrogen) atoms. The molecule has 1 saturated carbocycles. The van der Waals surface area contributed by atoms with E-state index in [1.165, 1.54) is 44.3 Å². The molecule has 2 fully saturated rings. The maximum atomic E-state index is 3.70. The summed E-state index contributed by atoms with van der Waals surface area (Å²) in [7, 11) is 0. The predicted octanol–water partition coefficient (Wildman–Crippen LogP) is 3.17. The Morgan fingerprint density at radius 2 is 1.72 bits per heavy atom. The summed E-state index contributed by atoms with van der Waals surface area (Å²) < 4.78 is 1.16. The van der Waals surface area contributed by atoms with Crippen LogP contribution in [0.25, 0.3) is 0 Å². The van der Waals surface area contributed by atoms with Crippen LogP contribution in [0.15, 0.2) is 28.7 Å². The molecule has 1 heterocycles. The van der Waals surface area contributed by atoms with Gasteiger partial charge in [0, 0.05) is 23.1 Å². The molecule has 2 nitrogen and oxygen atoms in total. The Kier molecular flexibility index (Phi) is 4.02. The Labute approximate surface area is 118 Å². The zero-order valence-corrected chi connectivity index (χ0v) is 12.3. The minimum Gasteiger partial charge on any atom is -0.310 e. The van der Waals surface area contributed by atoms with E-state index in [2.05, 4.69) is 50.4 Å². The van der Waals surface area contributed by atoms with Crippen molar-refractivity contribution in [1.82, 2.24) is 10.2 Å². The second-order valence-corrected chi connectivity index (χ2v) is 6.46. The molecule has 0 radical (unpaired) electrons. The highest BCUT2D eigenvalue weighted by molar-refractivity contribution is 9.10. The summed E-state index contributed by atoms with van der Waals surface area (Å²) in [5.41, 5.74) is 1.38. The van der Waals surface area contributed by atoms with Crippen molar-refractivity contribution in [3.05, 3.63) is 34.3 Å². The summed E-state index contributed by atoms with van der Waals surface area (Å²) in [6.45, 7) is 3.59. The fourth-order valence-corrected chi connectivity index (χ4v) is 3.04. The lowest BCUT2D eigenvalue weighted by atomic mass is 10.0. The molecule has 0 aromatic heterocycles. The zero-order valence-electron chi connectivity index (χ0n) is 10.7. The van der Waals surface area contributed by atoms with Gasteiger partial charge in [0.1, 0.15) is 0 Å².